The van der Waals surface area contributed by atoms with E-state index in [1.807, 2.05) is 24.4 Å². The van der Waals surface area contributed by atoms with Gasteiger partial charge >= 0.3 is 0 Å². The van der Waals surface area contributed by atoms with Gasteiger partial charge in [-0.25, -0.2) is 0 Å². The normalized spacial score (nSPS) is 14.6. The maximum absolute atomic E-state index is 12.4. The summed E-state index contributed by atoms with van der Waals surface area (Å²) in [4.78, 5) is 22.4. The zero-order valence-corrected chi connectivity index (χ0v) is 12.2. The van der Waals surface area contributed by atoms with E-state index in [0.717, 1.165) is 11.3 Å². The number of hydrogen-bond donors (Lipinski definition) is 1. The lowest BCUT2D eigenvalue weighted by Crippen LogP contribution is -2.41. The van der Waals surface area contributed by atoms with Gasteiger partial charge in [0, 0.05) is 43.9 Å². The first-order valence-corrected chi connectivity index (χ1v) is 7.29. The molecule has 1 aliphatic rings. The average Bonchev–Trinajstić information content (AvgIpc) is 2.61. The summed E-state index contributed by atoms with van der Waals surface area (Å²) < 4.78 is 5.26. The molecule has 0 unspecified atom stereocenters. The van der Waals surface area contributed by atoms with Crippen molar-refractivity contribution in [2.45, 2.75) is 6.54 Å². The highest BCUT2D eigenvalue weighted by molar-refractivity contribution is 5.93. The van der Waals surface area contributed by atoms with Crippen molar-refractivity contribution >= 4 is 11.6 Å². The molecule has 2 aromatic rings. The molecule has 6 heteroatoms. The van der Waals surface area contributed by atoms with E-state index in [0.29, 0.717) is 38.5 Å². The van der Waals surface area contributed by atoms with Gasteiger partial charge in [0.1, 0.15) is 5.69 Å². The molecule has 0 bridgehead atoms. The Morgan fingerprint density at radius 1 is 1.27 bits per heavy atom. The predicted molar refractivity (Wildman–Crippen MR) is 82.5 cm³/mol. The highest BCUT2D eigenvalue weighted by Gasteiger charge is 2.19. The maximum Gasteiger partial charge on any atom is 0.272 e. The Bertz CT molecular complexity index is 627. The number of nitrogens with one attached hydrogen (secondary N) is 1. The largest absolute Gasteiger partial charge is 0.381 e. The van der Waals surface area contributed by atoms with Crippen LogP contribution in [0, 0.1) is 0 Å². The molecule has 0 saturated carbocycles. The van der Waals surface area contributed by atoms with Gasteiger partial charge in [0.05, 0.1) is 13.2 Å². The fourth-order valence-electron chi connectivity index (χ4n) is 2.29. The fourth-order valence-corrected chi connectivity index (χ4v) is 2.29. The monoisotopic (exact) mass is 298 g/mol. The minimum Gasteiger partial charge on any atom is -0.381 e. The summed E-state index contributed by atoms with van der Waals surface area (Å²) in [6.07, 6.45) is 5.21. The number of ether oxygens (including phenoxy) is 1. The maximum atomic E-state index is 12.4. The highest BCUT2D eigenvalue weighted by atomic mass is 16.5. The highest BCUT2D eigenvalue weighted by Crippen LogP contribution is 2.12. The molecule has 22 heavy (non-hydrogen) atoms. The Morgan fingerprint density at radius 2 is 2.14 bits per heavy atom. The molecule has 0 aliphatic carbocycles. The molecule has 0 atom stereocenters. The molecule has 3 rings (SSSR count). The van der Waals surface area contributed by atoms with Gasteiger partial charge in [0.2, 0.25) is 0 Å². The van der Waals surface area contributed by atoms with Gasteiger partial charge in [0.15, 0.2) is 0 Å². The van der Waals surface area contributed by atoms with Crippen LogP contribution in [0.3, 0.4) is 0 Å². The number of carbonyl (C=O) groups is 1. The minimum atomic E-state index is -0.0478. The SMILES string of the molecule is O=C(c1cc(NCc2cccnc2)ccn1)N1CCOCC1. The summed E-state index contributed by atoms with van der Waals surface area (Å²) in [5.41, 5.74) is 2.41. The molecule has 2 aromatic heterocycles. The molecule has 0 radical (unpaired) electrons. The summed E-state index contributed by atoms with van der Waals surface area (Å²) in [5, 5.41) is 3.28. The molecule has 1 aliphatic heterocycles. The summed E-state index contributed by atoms with van der Waals surface area (Å²) >= 11 is 0. The van der Waals surface area contributed by atoms with Crippen LogP contribution in [0.5, 0.6) is 0 Å². The van der Waals surface area contributed by atoms with Crippen molar-refractivity contribution in [2.24, 2.45) is 0 Å². The number of carbonyl (C=O) groups excluding carboxylic acids is 1. The lowest BCUT2D eigenvalue weighted by molar-refractivity contribution is 0.0299. The smallest absolute Gasteiger partial charge is 0.272 e. The van der Waals surface area contributed by atoms with Crippen LogP contribution in [0.4, 0.5) is 5.69 Å². The van der Waals surface area contributed by atoms with Crippen molar-refractivity contribution < 1.29 is 9.53 Å². The van der Waals surface area contributed by atoms with Crippen LogP contribution in [0.1, 0.15) is 16.1 Å². The molecule has 1 amide bonds. The molecule has 0 spiro atoms. The third-order valence-corrected chi connectivity index (χ3v) is 3.50. The van der Waals surface area contributed by atoms with Gasteiger partial charge in [-0.15, -0.1) is 0 Å². The van der Waals surface area contributed by atoms with E-state index in [-0.39, 0.29) is 5.91 Å². The van der Waals surface area contributed by atoms with E-state index in [2.05, 4.69) is 15.3 Å². The van der Waals surface area contributed by atoms with Crippen molar-refractivity contribution in [2.75, 3.05) is 31.6 Å². The molecule has 1 N–H and O–H groups in total. The quantitative estimate of drug-likeness (QED) is 0.928. The first kappa shape index (κ1) is 14.5. The minimum absolute atomic E-state index is 0.0478. The van der Waals surface area contributed by atoms with Crippen LogP contribution in [-0.2, 0) is 11.3 Å². The first-order chi connectivity index (χ1) is 10.8. The number of pyridine rings is 2. The Balaban J connectivity index is 1.65. The van der Waals surface area contributed by atoms with E-state index in [4.69, 9.17) is 4.74 Å². The number of anilines is 1. The van der Waals surface area contributed by atoms with Gasteiger partial charge in [0.25, 0.3) is 5.91 Å². The van der Waals surface area contributed by atoms with Crippen molar-refractivity contribution in [1.82, 2.24) is 14.9 Å². The molecule has 114 valence electrons. The van der Waals surface area contributed by atoms with E-state index in [1.165, 1.54) is 0 Å². The van der Waals surface area contributed by atoms with Crippen LogP contribution in [0.15, 0.2) is 42.9 Å². The second-order valence-electron chi connectivity index (χ2n) is 5.05. The van der Waals surface area contributed by atoms with Gasteiger partial charge < -0.3 is 15.0 Å². The number of hydrogen-bond acceptors (Lipinski definition) is 5. The van der Waals surface area contributed by atoms with Crippen molar-refractivity contribution in [3.05, 3.63) is 54.1 Å². The van der Waals surface area contributed by atoms with E-state index in [9.17, 15) is 4.79 Å². The van der Waals surface area contributed by atoms with Gasteiger partial charge in [-0.05, 0) is 23.8 Å². The lowest BCUT2D eigenvalue weighted by atomic mass is 10.2. The van der Waals surface area contributed by atoms with E-state index >= 15 is 0 Å². The molecule has 0 aromatic carbocycles. The van der Waals surface area contributed by atoms with Crippen molar-refractivity contribution in [3.8, 4) is 0 Å². The van der Waals surface area contributed by atoms with Crippen LogP contribution in [0.2, 0.25) is 0 Å². The molecular weight excluding hydrogens is 280 g/mol. The van der Waals surface area contributed by atoms with Gasteiger partial charge in [-0.1, -0.05) is 6.07 Å². The Kier molecular flexibility index (Phi) is 4.60. The number of amides is 1. The molecular formula is C16H18N4O2. The Hall–Kier alpha value is -2.47. The summed E-state index contributed by atoms with van der Waals surface area (Å²) in [6.45, 7) is 3.07. The van der Waals surface area contributed by atoms with Gasteiger partial charge in [-0.3, -0.25) is 14.8 Å². The average molecular weight is 298 g/mol. The summed E-state index contributed by atoms with van der Waals surface area (Å²) in [5.74, 6) is -0.0478. The predicted octanol–water partition coefficient (Wildman–Crippen LogP) is 1.56. The van der Waals surface area contributed by atoms with Crippen LogP contribution in [-0.4, -0.2) is 47.1 Å². The van der Waals surface area contributed by atoms with Crippen LogP contribution >= 0.6 is 0 Å². The number of aromatic nitrogens is 2. The Labute approximate surface area is 129 Å². The number of morpholine rings is 1. The second-order valence-corrected chi connectivity index (χ2v) is 5.05. The van der Waals surface area contributed by atoms with Crippen LogP contribution < -0.4 is 5.32 Å². The van der Waals surface area contributed by atoms with E-state index < -0.39 is 0 Å². The summed E-state index contributed by atoms with van der Waals surface area (Å²) in [6, 6.07) is 7.54. The first-order valence-electron chi connectivity index (χ1n) is 7.29. The zero-order chi connectivity index (χ0) is 15.2. The second kappa shape index (κ2) is 7.00. The standard InChI is InChI=1S/C16H18N4O2/c21-16(20-6-8-22-9-7-20)15-10-14(3-5-18-15)19-12-13-2-1-4-17-11-13/h1-5,10-11H,6-9,12H2,(H,18,19). The summed E-state index contributed by atoms with van der Waals surface area (Å²) in [7, 11) is 0. The fraction of sp³-hybridized carbons (Fsp3) is 0.312. The van der Waals surface area contributed by atoms with Crippen molar-refractivity contribution in [3.63, 3.8) is 0 Å². The lowest BCUT2D eigenvalue weighted by Gasteiger charge is -2.26. The van der Waals surface area contributed by atoms with E-state index in [1.54, 1.807) is 23.4 Å². The topological polar surface area (TPSA) is 67.4 Å². The number of nitrogens with zero attached hydrogens (tertiary/aromatic N) is 3. The molecule has 3 heterocycles. The zero-order valence-electron chi connectivity index (χ0n) is 12.2. The molecule has 1 fully saturated rings. The third kappa shape index (κ3) is 3.59. The number of rotatable bonds is 4. The molecule has 6 nitrogen and oxygen atoms in total. The van der Waals surface area contributed by atoms with Crippen LogP contribution in [0.25, 0.3) is 0 Å². The Morgan fingerprint density at radius 3 is 2.91 bits per heavy atom. The van der Waals surface area contributed by atoms with Gasteiger partial charge in [-0.2, -0.15) is 0 Å². The third-order valence-electron chi connectivity index (χ3n) is 3.50. The van der Waals surface area contributed by atoms with Crippen molar-refractivity contribution in [1.29, 1.82) is 0 Å². The molecule has 1 saturated heterocycles.